The molecule has 71 heavy (non-hydrogen) atoms. The third kappa shape index (κ3) is 9.71. The average molecular weight is 1120 g/mol. The van der Waals surface area contributed by atoms with E-state index in [1.54, 1.807) is 24.3 Å². The minimum atomic E-state index is -3.96. The van der Waals surface area contributed by atoms with Crippen molar-refractivity contribution >= 4 is 11.0 Å². The van der Waals surface area contributed by atoms with E-state index < -0.39 is 91.9 Å². The van der Waals surface area contributed by atoms with Crippen LogP contribution in [0.5, 0.6) is 5.75 Å². The van der Waals surface area contributed by atoms with Crippen LogP contribution in [0.15, 0.2) is 182 Å². The van der Waals surface area contributed by atoms with Crippen LogP contribution in [0.4, 0.5) is 0 Å². The van der Waals surface area contributed by atoms with Gasteiger partial charge in [0.1, 0.15) is 5.82 Å². The molecule has 0 aliphatic carbocycles. The van der Waals surface area contributed by atoms with Crippen LogP contribution in [0.3, 0.4) is 0 Å². The number of rotatable bonds is 9. The van der Waals surface area contributed by atoms with E-state index in [0.717, 1.165) is 22.3 Å². The third-order valence-electron chi connectivity index (χ3n) is 12.4. The number of fused-ring (bicyclic) bond motifs is 1. The van der Waals surface area contributed by atoms with E-state index in [-0.39, 0.29) is 43.3 Å². The quantitative estimate of drug-likeness (QED) is 0.135. The topological polar surface area (TPSA) is 39.9 Å². The van der Waals surface area contributed by atoms with Crippen molar-refractivity contribution in [2.24, 2.45) is 0 Å². The third-order valence-corrected chi connectivity index (χ3v) is 12.4. The Labute approximate surface area is 461 Å². The molecular formula is C66H59N3OPt. The molecule has 0 aliphatic heterocycles. The van der Waals surface area contributed by atoms with Gasteiger partial charge in [-0.05, 0) is 123 Å². The van der Waals surface area contributed by atoms with Crippen molar-refractivity contribution in [2.45, 2.75) is 72.9 Å². The van der Waals surface area contributed by atoms with E-state index in [0.29, 0.717) is 72.8 Å². The van der Waals surface area contributed by atoms with Gasteiger partial charge in [0.25, 0.3) is 0 Å². The Morgan fingerprint density at radius 3 is 1.96 bits per heavy atom. The fourth-order valence-corrected chi connectivity index (χ4v) is 8.90. The Balaban J connectivity index is 0.00000960. The summed E-state index contributed by atoms with van der Waals surface area (Å²) in [5.41, 5.74) is 1.92. The number of hydrogen-bond acceptors (Lipinski definition) is 3. The molecule has 2 heterocycles. The SMILES string of the molecule is [2H]c1nc(-c2[c-]c(-c3cccc4c3nc(-c3cc(C)cc(C)c3O[CH2-])n4-c3cc(C([2H])([2H])[2H])c(-c4ccccc4)cc3-c3ccc(C(C)(C)C)cc3)cc(-c3ccccc3)c2)c([2H])c(-c2c([2H])c([2H])c(C(C([2H])([2H])[2H])(C([2H])([2H])[2H])C([2H])([2H])[2H])c([2H])c2[2H])c1[2H].[Pt+2]. The van der Waals surface area contributed by atoms with Crippen LogP contribution in [0.1, 0.15) is 95.2 Å². The molecule has 0 aliphatic rings. The standard InChI is InChI=1S/C66H59N3O.Pt/c1-42-34-44(3)63(70-10)58(35-42)64-68-62-55(51-37-50(45-18-13-11-14-19-45)38-52(39-51)59-40-49(32-33-67-59)46-24-28-53(29-25-46)65(4,5)6)22-17-23-60(62)69(64)61-36-43(2)56(47-20-15-12-16-21-47)41-57(61)48-26-30-54(31-27-48)66(7,8)9;/h11-38,40-41H,10H2,1-9H3;/q-2;+2/i2D3,4D3,5D3,6D3,24D,25D,28D,29D,32D,33D,40D;. The number of pyridine rings is 1. The van der Waals surface area contributed by atoms with E-state index in [2.05, 4.69) is 51.1 Å². The summed E-state index contributed by atoms with van der Waals surface area (Å²) in [6.45, 7) is -4.33. The van der Waals surface area contributed by atoms with E-state index in [9.17, 15) is 4.11 Å². The van der Waals surface area contributed by atoms with Crippen molar-refractivity contribution in [3.05, 3.63) is 223 Å². The Kier molecular flexibility index (Phi) is 8.43. The van der Waals surface area contributed by atoms with Gasteiger partial charge in [0, 0.05) is 33.9 Å². The molecule has 8 aromatic carbocycles. The molecule has 0 amide bonds. The molecule has 0 N–H and O–H groups in total. The molecule has 0 spiro atoms. The molecule has 0 radical (unpaired) electrons. The summed E-state index contributed by atoms with van der Waals surface area (Å²) in [6, 6.07) is 39.8. The maximum atomic E-state index is 9.79. The van der Waals surface area contributed by atoms with Gasteiger partial charge < -0.3 is 4.74 Å². The summed E-state index contributed by atoms with van der Waals surface area (Å²) in [5.74, 6) is 0.747. The minimum Gasteiger partial charge on any atom is -0.665 e. The van der Waals surface area contributed by atoms with Gasteiger partial charge in [0.2, 0.25) is 0 Å². The van der Waals surface area contributed by atoms with Crippen molar-refractivity contribution < 1.29 is 51.8 Å². The van der Waals surface area contributed by atoms with Gasteiger partial charge in [-0.1, -0.05) is 191 Å². The number of benzene rings is 8. The van der Waals surface area contributed by atoms with Gasteiger partial charge in [-0.3, -0.25) is 9.55 Å². The smallest absolute Gasteiger partial charge is 0.665 e. The van der Waals surface area contributed by atoms with Crippen LogP contribution in [0.2, 0.25) is 0 Å². The molecule has 0 unspecified atom stereocenters. The average Bonchev–Trinajstić information content (AvgIpc) is 0.764. The zero-order valence-electron chi connectivity index (χ0n) is 58.6. The second-order valence-corrected chi connectivity index (χ2v) is 18.4. The number of imidazole rings is 1. The van der Waals surface area contributed by atoms with Crippen molar-refractivity contribution in [1.29, 1.82) is 0 Å². The van der Waals surface area contributed by atoms with E-state index in [1.165, 1.54) is 0 Å². The summed E-state index contributed by atoms with van der Waals surface area (Å²) in [5, 5.41) is 0. The van der Waals surface area contributed by atoms with E-state index >= 15 is 0 Å². The Hall–Kier alpha value is -7.13. The van der Waals surface area contributed by atoms with Crippen LogP contribution in [0, 0.1) is 33.9 Å². The number of hydrogen-bond donors (Lipinski definition) is 0. The van der Waals surface area contributed by atoms with Crippen LogP contribution in [-0.2, 0) is 31.9 Å². The Morgan fingerprint density at radius 1 is 0.592 bits per heavy atom. The van der Waals surface area contributed by atoms with E-state index in [1.807, 2.05) is 122 Å². The largest absolute Gasteiger partial charge is 2.00 e. The van der Waals surface area contributed by atoms with Gasteiger partial charge in [0.15, 0.2) is 0 Å². The molecule has 0 fully saturated rings. The Bertz CT molecular complexity index is 4370. The molecule has 10 aromatic rings. The van der Waals surface area contributed by atoms with Crippen LogP contribution in [-0.4, -0.2) is 14.5 Å². The summed E-state index contributed by atoms with van der Waals surface area (Å²) < 4.78 is 174. The first-order valence-corrected chi connectivity index (χ1v) is 22.7. The first-order valence-electron chi connectivity index (χ1n) is 32.2. The first kappa shape index (κ1) is 30.6. The van der Waals surface area contributed by atoms with Crippen LogP contribution >= 0.6 is 0 Å². The summed E-state index contributed by atoms with van der Waals surface area (Å²) in [7, 11) is 3.85. The molecule has 0 bridgehead atoms. The fraction of sp³-hybridized carbons (Fsp3) is 0.167. The number of nitrogens with zero attached hydrogens (tertiary/aromatic N) is 3. The molecular weight excluding hydrogens is 1050 g/mol. The molecule has 354 valence electrons. The van der Waals surface area contributed by atoms with Crippen molar-refractivity contribution in [3.8, 4) is 89.7 Å². The zero-order chi connectivity index (χ0) is 65.0. The van der Waals surface area contributed by atoms with Crippen molar-refractivity contribution in [2.75, 3.05) is 0 Å². The van der Waals surface area contributed by atoms with Gasteiger partial charge in [-0.15, -0.1) is 23.8 Å². The molecule has 0 saturated carbocycles. The van der Waals surface area contributed by atoms with Crippen molar-refractivity contribution in [3.63, 3.8) is 0 Å². The molecule has 10 rings (SSSR count). The van der Waals surface area contributed by atoms with Crippen LogP contribution in [0.25, 0.3) is 95.0 Å². The fourth-order valence-electron chi connectivity index (χ4n) is 8.90. The van der Waals surface area contributed by atoms with Gasteiger partial charge in [-0.2, -0.15) is 7.11 Å². The molecule has 5 heteroatoms. The maximum Gasteiger partial charge on any atom is 2.00 e. The molecule has 0 saturated heterocycles. The molecule has 4 nitrogen and oxygen atoms in total. The summed E-state index contributed by atoms with van der Waals surface area (Å²) in [6.07, 6.45) is -0.797. The Morgan fingerprint density at radius 2 is 1.28 bits per heavy atom. The van der Waals surface area contributed by atoms with Gasteiger partial charge >= 0.3 is 21.1 Å². The predicted octanol–water partition coefficient (Wildman–Crippen LogP) is 17.6. The summed E-state index contributed by atoms with van der Waals surface area (Å²) >= 11 is 0. The maximum absolute atomic E-state index is 9.79. The van der Waals surface area contributed by atoms with E-state index in [4.69, 9.17) is 31.7 Å². The molecule has 0 atom stereocenters. The first-order chi connectivity index (χ1) is 41.5. The zero-order valence-corrected chi connectivity index (χ0v) is 41.8. The summed E-state index contributed by atoms with van der Waals surface area (Å²) in [4.78, 5) is 9.89. The number of para-hydroxylation sites is 1. The second-order valence-electron chi connectivity index (χ2n) is 18.4. The molecule has 2 aromatic heterocycles. The van der Waals surface area contributed by atoms with Crippen molar-refractivity contribution in [1.82, 2.24) is 14.5 Å². The van der Waals surface area contributed by atoms with Gasteiger partial charge in [-0.25, -0.2) is 4.98 Å². The normalized spacial score (nSPS) is 16.3. The second kappa shape index (κ2) is 19.6. The van der Waals surface area contributed by atoms with Gasteiger partial charge in [0.05, 0.1) is 37.6 Å². The monoisotopic (exact) mass is 1120 g/mol. The minimum absolute atomic E-state index is 0. The van der Waals surface area contributed by atoms with Crippen LogP contribution < -0.4 is 4.74 Å². The number of ether oxygens (including phenoxy) is 1. The number of aryl methyl sites for hydroxylation is 3. The number of aromatic nitrogens is 3. The predicted molar refractivity (Wildman–Crippen MR) is 293 cm³/mol.